The molecule has 5 heteroatoms. The van der Waals surface area contributed by atoms with E-state index in [1.54, 1.807) is 27.5 Å². The van der Waals surface area contributed by atoms with Crippen molar-refractivity contribution in [3.8, 4) is 0 Å². The maximum atomic E-state index is 5.93. The van der Waals surface area contributed by atoms with E-state index in [2.05, 4.69) is 17.3 Å². The summed E-state index contributed by atoms with van der Waals surface area (Å²) in [6.45, 7) is 0.555. The van der Waals surface area contributed by atoms with Crippen LogP contribution in [-0.4, -0.2) is 19.1 Å². The average Bonchev–Trinajstić information content (AvgIpc) is 2.49. The molecule has 0 radical (unpaired) electrons. The fraction of sp³-hybridized carbons (Fsp3) is 0.286. The van der Waals surface area contributed by atoms with E-state index in [0.29, 0.717) is 6.67 Å². The summed E-state index contributed by atoms with van der Waals surface area (Å²) in [5.74, 6) is 0. The third kappa shape index (κ3) is 1.34. The van der Waals surface area contributed by atoms with Crippen LogP contribution in [-0.2, 0) is 0 Å². The Balaban J connectivity index is 2.45. The van der Waals surface area contributed by atoms with Crippen molar-refractivity contribution < 1.29 is 0 Å². The van der Waals surface area contributed by atoms with Crippen LogP contribution >= 0.6 is 34.9 Å². The van der Waals surface area contributed by atoms with Gasteiger partial charge in [-0.25, -0.2) is 0 Å². The van der Waals surface area contributed by atoms with Gasteiger partial charge in [-0.15, -0.1) is 23.1 Å². The molecule has 0 atom stereocenters. The molecular weight excluding hydrogens is 212 g/mol. The first-order valence-corrected chi connectivity index (χ1v) is 5.80. The summed E-state index contributed by atoms with van der Waals surface area (Å²) >= 11 is 9.40. The molecule has 0 saturated heterocycles. The molecule has 1 aliphatic heterocycles. The van der Waals surface area contributed by atoms with Gasteiger partial charge in [-0.3, -0.25) is 9.41 Å². The summed E-state index contributed by atoms with van der Waals surface area (Å²) in [5.41, 5.74) is 1.08. The van der Waals surface area contributed by atoms with E-state index < -0.39 is 0 Å². The van der Waals surface area contributed by atoms with Gasteiger partial charge in [-0.2, -0.15) is 0 Å². The van der Waals surface area contributed by atoms with Gasteiger partial charge < -0.3 is 0 Å². The summed E-state index contributed by atoms with van der Waals surface area (Å²) in [6, 6.07) is 2.10. The maximum Gasteiger partial charge on any atom is 0.125 e. The number of anilines is 1. The molecule has 2 nitrogen and oxygen atoms in total. The second kappa shape index (κ2) is 3.28. The first kappa shape index (κ1) is 8.41. The van der Waals surface area contributed by atoms with Crippen molar-refractivity contribution in [1.29, 1.82) is 0 Å². The zero-order valence-corrected chi connectivity index (χ0v) is 8.84. The molecule has 1 aromatic rings. The van der Waals surface area contributed by atoms with E-state index in [1.807, 2.05) is 6.21 Å². The van der Waals surface area contributed by atoms with Gasteiger partial charge in [-0.1, -0.05) is 0 Å². The standard InChI is InChI=1S/C7H7ClN2S2/c1-11-7-2-5-6(12-7)3-9-4-10(5)8/h2-3H,4H2,1H3. The number of halogens is 1. The number of hydrogen-bond acceptors (Lipinski definition) is 4. The van der Waals surface area contributed by atoms with Gasteiger partial charge in [0.2, 0.25) is 0 Å². The topological polar surface area (TPSA) is 15.6 Å². The van der Waals surface area contributed by atoms with Crippen LogP contribution in [0.1, 0.15) is 4.88 Å². The lowest BCUT2D eigenvalue weighted by atomic mass is 10.4. The van der Waals surface area contributed by atoms with Crippen molar-refractivity contribution >= 4 is 46.8 Å². The fourth-order valence-electron chi connectivity index (χ4n) is 1.03. The Morgan fingerprint density at radius 2 is 2.58 bits per heavy atom. The second-order valence-electron chi connectivity index (χ2n) is 2.33. The summed E-state index contributed by atoms with van der Waals surface area (Å²) < 4.78 is 2.92. The molecule has 0 aromatic carbocycles. The molecule has 2 heterocycles. The van der Waals surface area contributed by atoms with Gasteiger partial charge in [0, 0.05) is 18.0 Å². The highest BCUT2D eigenvalue weighted by molar-refractivity contribution is 8.00. The van der Waals surface area contributed by atoms with E-state index in [1.165, 1.54) is 4.21 Å². The highest BCUT2D eigenvalue weighted by atomic mass is 35.5. The van der Waals surface area contributed by atoms with Crippen molar-refractivity contribution in [1.82, 2.24) is 0 Å². The monoisotopic (exact) mass is 218 g/mol. The smallest absolute Gasteiger partial charge is 0.125 e. The van der Waals surface area contributed by atoms with Gasteiger partial charge in [0.25, 0.3) is 0 Å². The van der Waals surface area contributed by atoms with Crippen molar-refractivity contribution in [3.63, 3.8) is 0 Å². The lowest BCUT2D eigenvalue weighted by Crippen LogP contribution is -2.14. The lowest BCUT2D eigenvalue weighted by molar-refractivity contribution is 1.04. The normalized spacial score (nSPS) is 15.0. The van der Waals surface area contributed by atoms with E-state index in [0.717, 1.165) is 10.6 Å². The quantitative estimate of drug-likeness (QED) is 0.532. The molecule has 0 unspecified atom stereocenters. The highest BCUT2D eigenvalue weighted by Crippen LogP contribution is 2.36. The molecule has 0 fully saturated rings. The van der Waals surface area contributed by atoms with E-state index in [4.69, 9.17) is 11.8 Å². The number of nitrogens with zero attached hydrogens (tertiary/aromatic N) is 2. The lowest BCUT2D eigenvalue weighted by Gasteiger charge is -2.15. The molecule has 1 aromatic heterocycles. The third-order valence-corrected chi connectivity index (χ3v) is 4.01. The predicted octanol–water partition coefficient (Wildman–Crippen LogP) is 2.82. The van der Waals surface area contributed by atoms with Crippen molar-refractivity contribution in [2.24, 2.45) is 4.99 Å². The Bertz CT molecular complexity index is 321. The van der Waals surface area contributed by atoms with Crippen LogP contribution in [0.25, 0.3) is 0 Å². The van der Waals surface area contributed by atoms with E-state index in [-0.39, 0.29) is 0 Å². The second-order valence-corrected chi connectivity index (χ2v) is 4.93. The minimum Gasteiger partial charge on any atom is -0.269 e. The molecular formula is C7H7ClN2S2. The summed E-state index contributed by atoms with van der Waals surface area (Å²) in [4.78, 5) is 5.27. The number of rotatable bonds is 1. The SMILES string of the molecule is CSc1cc2c(s1)C=NCN2Cl. The van der Waals surface area contributed by atoms with Crippen molar-refractivity contribution in [2.75, 3.05) is 17.3 Å². The number of hydrogen-bond donors (Lipinski definition) is 0. The average molecular weight is 219 g/mol. The molecule has 12 heavy (non-hydrogen) atoms. The third-order valence-electron chi connectivity index (χ3n) is 1.59. The molecule has 0 spiro atoms. The van der Waals surface area contributed by atoms with Crippen molar-refractivity contribution in [3.05, 3.63) is 10.9 Å². The van der Waals surface area contributed by atoms with E-state index in [9.17, 15) is 0 Å². The van der Waals surface area contributed by atoms with Crippen LogP contribution in [0, 0.1) is 0 Å². The van der Waals surface area contributed by atoms with Crippen LogP contribution in [0.2, 0.25) is 0 Å². The van der Waals surface area contributed by atoms with Gasteiger partial charge in [0.15, 0.2) is 0 Å². The van der Waals surface area contributed by atoms with Crippen LogP contribution in [0.3, 0.4) is 0 Å². The molecule has 2 rings (SSSR count). The first-order chi connectivity index (χ1) is 5.81. The number of aliphatic imine (C=N–C) groups is 1. The van der Waals surface area contributed by atoms with Crippen LogP contribution in [0.15, 0.2) is 15.3 Å². The molecule has 0 aliphatic carbocycles. The summed E-state index contributed by atoms with van der Waals surface area (Å²) in [6.07, 6.45) is 3.95. The zero-order valence-electron chi connectivity index (χ0n) is 6.45. The fourth-order valence-corrected chi connectivity index (χ4v) is 2.90. The predicted molar refractivity (Wildman–Crippen MR) is 56.9 cm³/mol. The zero-order chi connectivity index (χ0) is 8.55. The van der Waals surface area contributed by atoms with Crippen molar-refractivity contribution in [2.45, 2.75) is 4.21 Å². The van der Waals surface area contributed by atoms with E-state index >= 15 is 0 Å². The Kier molecular flexibility index (Phi) is 2.30. The molecule has 64 valence electrons. The molecule has 0 bridgehead atoms. The van der Waals surface area contributed by atoms with Gasteiger partial charge in [0.1, 0.15) is 6.67 Å². The summed E-state index contributed by atoms with van der Waals surface area (Å²) in [7, 11) is 0. The largest absolute Gasteiger partial charge is 0.269 e. The van der Waals surface area contributed by atoms with Gasteiger partial charge >= 0.3 is 0 Å². The molecule has 0 N–H and O–H groups in total. The Morgan fingerprint density at radius 1 is 1.75 bits per heavy atom. The Morgan fingerprint density at radius 3 is 3.25 bits per heavy atom. The van der Waals surface area contributed by atoms with Crippen LogP contribution in [0.5, 0.6) is 0 Å². The van der Waals surface area contributed by atoms with Gasteiger partial charge in [-0.05, 0) is 12.3 Å². The van der Waals surface area contributed by atoms with Gasteiger partial charge in [0.05, 0.1) is 14.8 Å². The minimum absolute atomic E-state index is 0.555. The Labute approximate surface area is 84.4 Å². The maximum absolute atomic E-state index is 5.93. The molecule has 0 amide bonds. The highest BCUT2D eigenvalue weighted by Gasteiger charge is 2.15. The minimum atomic E-state index is 0.555. The number of fused-ring (bicyclic) bond motifs is 1. The number of thiophene rings is 1. The van der Waals surface area contributed by atoms with Crippen LogP contribution in [0.4, 0.5) is 5.69 Å². The number of thioether (sulfide) groups is 1. The summed E-state index contributed by atoms with van der Waals surface area (Å²) in [5, 5.41) is 0. The first-order valence-electron chi connectivity index (χ1n) is 3.42. The Hall–Kier alpha value is -0.190. The molecule has 0 saturated carbocycles. The van der Waals surface area contributed by atoms with Crippen LogP contribution < -0.4 is 4.42 Å². The molecule has 1 aliphatic rings.